The monoisotopic (exact) mass is 712 g/mol. The summed E-state index contributed by atoms with van der Waals surface area (Å²) < 4.78 is 0. The van der Waals surface area contributed by atoms with Crippen LogP contribution in [0.1, 0.15) is 112 Å². The Kier molecular flexibility index (Phi) is 15.4. The molecule has 51 heavy (non-hydrogen) atoms. The number of urea groups is 1. The summed E-state index contributed by atoms with van der Waals surface area (Å²) in [7, 11) is 0. The van der Waals surface area contributed by atoms with Gasteiger partial charge in [-0.15, -0.1) is 6.58 Å². The van der Waals surface area contributed by atoms with Crippen LogP contribution in [0.4, 0.5) is 4.79 Å². The Hall–Kier alpha value is -4.03. The Bertz CT molecular complexity index is 1330. The number of nitrogens with one attached hydrogen (secondary N) is 4. The number of amides is 7. The van der Waals surface area contributed by atoms with Gasteiger partial charge in [-0.25, -0.2) is 4.79 Å². The Morgan fingerprint density at radius 2 is 1.57 bits per heavy atom. The maximum absolute atomic E-state index is 14.6. The van der Waals surface area contributed by atoms with Crippen molar-refractivity contribution in [2.45, 2.75) is 136 Å². The van der Waals surface area contributed by atoms with Gasteiger partial charge >= 0.3 is 6.03 Å². The first kappa shape index (κ1) is 41.4. The van der Waals surface area contributed by atoms with Crippen molar-refractivity contribution in [1.82, 2.24) is 31.1 Å². The largest absolute Gasteiger partial charge is 0.346 e. The number of nitrogens with zero attached hydrogens (tertiary/aromatic N) is 2. The van der Waals surface area contributed by atoms with Gasteiger partial charge in [-0.05, 0) is 57.3 Å². The number of ketones is 1. The molecule has 1 aliphatic carbocycles. The molecule has 1 saturated carbocycles. The fraction of sp³-hybridized carbons (Fsp3) is 0.711. The van der Waals surface area contributed by atoms with Gasteiger partial charge in [0.05, 0.1) is 12.1 Å². The lowest BCUT2D eigenvalue weighted by Crippen LogP contribution is -2.61. The first-order chi connectivity index (χ1) is 24.1. The summed E-state index contributed by atoms with van der Waals surface area (Å²) >= 11 is 0. The Morgan fingerprint density at radius 1 is 0.922 bits per heavy atom. The summed E-state index contributed by atoms with van der Waals surface area (Å²) in [5.74, 6) is -3.50. The van der Waals surface area contributed by atoms with Crippen LogP contribution in [0.25, 0.3) is 0 Å². The zero-order valence-electron chi connectivity index (χ0n) is 31.5. The lowest BCUT2D eigenvalue weighted by molar-refractivity contribution is -0.148. The number of carbonyl (C=O) groups excluding carboxylic acids is 7. The normalized spacial score (nSPS) is 21.6. The van der Waals surface area contributed by atoms with Gasteiger partial charge in [0.15, 0.2) is 0 Å². The van der Waals surface area contributed by atoms with E-state index in [4.69, 9.17) is 0 Å². The molecular formula is C38H60N6O7. The van der Waals surface area contributed by atoms with Gasteiger partial charge in [0.25, 0.3) is 5.91 Å². The number of hydrogen-bond acceptors (Lipinski definition) is 7. The van der Waals surface area contributed by atoms with E-state index in [1.165, 1.54) is 15.9 Å². The van der Waals surface area contributed by atoms with E-state index in [0.29, 0.717) is 19.3 Å². The van der Waals surface area contributed by atoms with Crippen LogP contribution in [0, 0.1) is 17.3 Å². The third kappa shape index (κ3) is 11.5. The van der Waals surface area contributed by atoms with Crippen molar-refractivity contribution in [3.8, 4) is 0 Å². The molecular weight excluding hydrogens is 652 g/mol. The van der Waals surface area contributed by atoms with E-state index < -0.39 is 53.2 Å². The minimum atomic E-state index is -1.07. The zero-order valence-corrected chi connectivity index (χ0v) is 31.5. The van der Waals surface area contributed by atoms with Gasteiger partial charge in [-0.2, -0.15) is 0 Å². The standard InChI is InChI=1S/C38H60N6O7/c1-8-14-27(33(47)35(49)39-20-9-2)40-34(48)32-26(22-24(3)4)19-21-43(32)36(50)31(25-15-11-10-12-16-25)42-37(51)41-28(38(5,6)7)23-44-29(45)17-13-18-30(44)46/h9,22,25-28,31-32H,2,8,10-21,23H2,1,3-7H3,(H,39,49)(H,40,48)(H2,41,42,51)/t26-,27?,28-,31+,32+/m1/s1. The number of hydrogen-bond donors (Lipinski definition) is 4. The van der Waals surface area contributed by atoms with Gasteiger partial charge in [-0.1, -0.05) is 71.1 Å². The molecule has 2 saturated heterocycles. The Balaban J connectivity index is 1.89. The first-order valence-electron chi connectivity index (χ1n) is 18.7. The third-order valence-electron chi connectivity index (χ3n) is 10.2. The minimum Gasteiger partial charge on any atom is -0.346 e. The fourth-order valence-electron chi connectivity index (χ4n) is 7.32. The van der Waals surface area contributed by atoms with Crippen molar-refractivity contribution < 1.29 is 33.6 Å². The Labute approximate surface area is 303 Å². The third-order valence-corrected chi connectivity index (χ3v) is 10.2. The van der Waals surface area contributed by atoms with Crippen molar-refractivity contribution in [3.63, 3.8) is 0 Å². The predicted octanol–water partition coefficient (Wildman–Crippen LogP) is 3.53. The molecule has 0 bridgehead atoms. The van der Waals surface area contributed by atoms with E-state index in [1.54, 1.807) is 0 Å². The number of allylic oxidation sites excluding steroid dienone is 1. The minimum absolute atomic E-state index is 0.0264. The van der Waals surface area contributed by atoms with Crippen LogP contribution in [0.5, 0.6) is 0 Å². The molecule has 0 aromatic rings. The molecule has 2 aliphatic heterocycles. The van der Waals surface area contributed by atoms with Crippen LogP contribution in [-0.2, 0) is 28.8 Å². The second-order valence-electron chi connectivity index (χ2n) is 15.5. The first-order valence-corrected chi connectivity index (χ1v) is 18.7. The van der Waals surface area contributed by atoms with Gasteiger partial charge in [0.1, 0.15) is 12.1 Å². The average Bonchev–Trinajstić information content (AvgIpc) is 3.49. The number of carbonyl (C=O) groups is 7. The second-order valence-corrected chi connectivity index (χ2v) is 15.5. The molecule has 0 aromatic heterocycles. The van der Waals surface area contributed by atoms with E-state index in [2.05, 4.69) is 27.8 Å². The fourth-order valence-corrected chi connectivity index (χ4v) is 7.32. The molecule has 7 amide bonds. The molecule has 0 aromatic carbocycles. The molecule has 3 rings (SSSR count). The van der Waals surface area contributed by atoms with Crippen molar-refractivity contribution in [1.29, 1.82) is 0 Å². The molecule has 0 radical (unpaired) electrons. The Morgan fingerprint density at radius 3 is 2.14 bits per heavy atom. The number of imide groups is 1. The number of rotatable bonds is 15. The predicted molar refractivity (Wildman–Crippen MR) is 194 cm³/mol. The van der Waals surface area contributed by atoms with Gasteiger partial charge in [0, 0.05) is 38.4 Å². The van der Waals surface area contributed by atoms with Crippen molar-refractivity contribution in [2.24, 2.45) is 17.3 Å². The molecule has 1 unspecified atom stereocenters. The van der Waals surface area contributed by atoms with E-state index in [9.17, 15) is 33.6 Å². The van der Waals surface area contributed by atoms with Gasteiger partial charge < -0.3 is 26.2 Å². The molecule has 5 atom stereocenters. The van der Waals surface area contributed by atoms with Crippen molar-refractivity contribution in [2.75, 3.05) is 19.6 Å². The van der Waals surface area contributed by atoms with E-state index in [1.807, 2.05) is 47.6 Å². The second kappa shape index (κ2) is 19.0. The molecule has 2 heterocycles. The maximum atomic E-state index is 14.6. The number of Topliss-reactive ketones (excluding diaryl/α,β-unsaturated/α-hetero) is 1. The smallest absolute Gasteiger partial charge is 0.315 e. The van der Waals surface area contributed by atoms with Gasteiger partial charge in [0.2, 0.25) is 29.4 Å². The van der Waals surface area contributed by atoms with Crippen LogP contribution in [0.3, 0.4) is 0 Å². The number of piperidine rings is 1. The van der Waals surface area contributed by atoms with E-state index >= 15 is 0 Å². The topological polar surface area (TPSA) is 174 Å². The molecule has 284 valence electrons. The zero-order chi connectivity index (χ0) is 37.9. The van der Waals surface area contributed by atoms with Crippen LogP contribution < -0.4 is 21.3 Å². The maximum Gasteiger partial charge on any atom is 0.315 e. The van der Waals surface area contributed by atoms with Crippen LogP contribution in [0.15, 0.2) is 24.3 Å². The summed E-state index contributed by atoms with van der Waals surface area (Å²) in [5, 5.41) is 11.2. The SMILES string of the molecule is C=CCNC(=O)C(=O)C(CCC)NC(=O)[C@@H]1[C@@H](C=C(C)C)CCN1C(=O)[C@@H](NC(=O)N[C@H](CN1C(=O)CCCC1=O)C(C)(C)C)C1CCCCC1. The highest BCUT2D eigenvalue weighted by Crippen LogP contribution is 2.32. The van der Waals surface area contributed by atoms with Crippen molar-refractivity contribution in [3.05, 3.63) is 24.3 Å². The molecule has 13 heteroatoms. The van der Waals surface area contributed by atoms with Crippen LogP contribution in [0.2, 0.25) is 0 Å². The quantitative estimate of drug-likeness (QED) is 0.114. The lowest BCUT2D eigenvalue weighted by atomic mass is 9.83. The molecule has 3 fully saturated rings. The molecule has 3 aliphatic rings. The summed E-state index contributed by atoms with van der Waals surface area (Å²) in [6, 6.07) is -4.12. The van der Waals surface area contributed by atoms with Gasteiger partial charge in [-0.3, -0.25) is 33.7 Å². The van der Waals surface area contributed by atoms with Crippen molar-refractivity contribution >= 4 is 41.4 Å². The summed E-state index contributed by atoms with van der Waals surface area (Å²) in [5.41, 5.74) is 0.446. The van der Waals surface area contributed by atoms with E-state index in [-0.39, 0.29) is 68.5 Å². The summed E-state index contributed by atoms with van der Waals surface area (Å²) in [6.07, 6.45) is 10.1. The molecule has 4 N–H and O–H groups in total. The molecule has 0 spiro atoms. The lowest BCUT2D eigenvalue weighted by Gasteiger charge is -2.38. The highest BCUT2D eigenvalue weighted by molar-refractivity contribution is 6.38. The highest BCUT2D eigenvalue weighted by Gasteiger charge is 2.46. The highest BCUT2D eigenvalue weighted by atomic mass is 16.2. The van der Waals surface area contributed by atoms with E-state index in [0.717, 1.165) is 37.7 Å². The van der Waals surface area contributed by atoms with Crippen LogP contribution in [-0.4, -0.2) is 95.0 Å². The summed E-state index contributed by atoms with van der Waals surface area (Å²) in [6.45, 7) is 15.4. The average molecular weight is 713 g/mol. The van der Waals surface area contributed by atoms with Crippen LogP contribution >= 0.6 is 0 Å². The summed E-state index contributed by atoms with van der Waals surface area (Å²) in [4.78, 5) is 96.1. The number of likely N-dealkylation sites (tertiary alicyclic amines) is 2. The molecule has 13 nitrogen and oxygen atoms in total.